The minimum Gasteiger partial charge on any atom is -0.385 e. The van der Waals surface area contributed by atoms with Gasteiger partial charge in [-0.05, 0) is 18.4 Å². The fourth-order valence-corrected chi connectivity index (χ4v) is 5.26. The minimum atomic E-state index is -3.62. The zero-order valence-corrected chi connectivity index (χ0v) is 17.4. The zero-order chi connectivity index (χ0) is 20.9. The Morgan fingerprint density at radius 3 is 2.76 bits per heavy atom. The molecule has 9 nitrogen and oxygen atoms in total. The van der Waals surface area contributed by atoms with Crippen LogP contribution in [0.4, 0.5) is 4.79 Å². The molecule has 0 spiro atoms. The van der Waals surface area contributed by atoms with Crippen LogP contribution < -0.4 is 10.6 Å². The second-order valence-electron chi connectivity index (χ2n) is 7.33. The molecule has 2 aliphatic rings. The molecule has 1 aromatic carbocycles. The number of hydrogen-bond donors (Lipinski definition) is 2. The first kappa shape index (κ1) is 21.5. The normalized spacial score (nSPS) is 24.0. The Morgan fingerprint density at radius 1 is 1.28 bits per heavy atom. The maximum atomic E-state index is 12.9. The van der Waals surface area contributed by atoms with Gasteiger partial charge in [0, 0.05) is 45.9 Å². The van der Waals surface area contributed by atoms with Gasteiger partial charge in [-0.15, -0.1) is 0 Å². The predicted octanol–water partition coefficient (Wildman–Crippen LogP) is 0.137. The summed E-state index contributed by atoms with van der Waals surface area (Å²) in [7, 11) is -2.09. The van der Waals surface area contributed by atoms with E-state index in [4.69, 9.17) is 4.74 Å². The van der Waals surface area contributed by atoms with Crippen LogP contribution in [0.2, 0.25) is 0 Å². The van der Waals surface area contributed by atoms with E-state index in [0.717, 1.165) is 9.87 Å². The zero-order valence-electron chi connectivity index (χ0n) is 16.5. The largest absolute Gasteiger partial charge is 0.385 e. The summed E-state index contributed by atoms with van der Waals surface area (Å²) in [6.45, 7) is 1.66. The predicted molar refractivity (Wildman–Crippen MR) is 108 cm³/mol. The molecule has 2 atom stereocenters. The van der Waals surface area contributed by atoms with Crippen molar-refractivity contribution in [1.82, 2.24) is 19.8 Å². The Hall–Kier alpha value is -2.17. The number of sulfonamides is 1. The number of fused-ring (bicyclic) bond motifs is 1. The van der Waals surface area contributed by atoms with Crippen molar-refractivity contribution in [3.8, 4) is 0 Å². The number of nitrogens with zero attached hydrogens (tertiary/aromatic N) is 2. The van der Waals surface area contributed by atoms with Crippen LogP contribution in [0.3, 0.4) is 0 Å². The van der Waals surface area contributed by atoms with Crippen LogP contribution in [0.25, 0.3) is 0 Å². The fraction of sp³-hybridized carbons (Fsp3) is 0.579. The van der Waals surface area contributed by atoms with Gasteiger partial charge in [-0.2, -0.15) is 0 Å². The molecule has 0 bridgehead atoms. The maximum absolute atomic E-state index is 12.9. The molecule has 2 fully saturated rings. The molecule has 160 valence electrons. The van der Waals surface area contributed by atoms with E-state index < -0.39 is 22.0 Å². The average Bonchev–Trinajstić information content (AvgIpc) is 3.08. The first-order valence-electron chi connectivity index (χ1n) is 9.76. The molecular weight excluding hydrogens is 396 g/mol. The molecule has 29 heavy (non-hydrogen) atoms. The van der Waals surface area contributed by atoms with Crippen molar-refractivity contribution in [2.45, 2.75) is 31.5 Å². The highest BCUT2D eigenvalue weighted by atomic mass is 32.2. The molecule has 2 heterocycles. The number of carbonyl (C=O) groups is 2. The highest BCUT2D eigenvalue weighted by Crippen LogP contribution is 2.24. The molecule has 0 unspecified atom stereocenters. The molecule has 0 saturated carbocycles. The third-order valence-electron chi connectivity index (χ3n) is 5.25. The summed E-state index contributed by atoms with van der Waals surface area (Å²) in [4.78, 5) is 27.0. The van der Waals surface area contributed by atoms with Crippen molar-refractivity contribution in [2.75, 3.05) is 39.1 Å². The van der Waals surface area contributed by atoms with Crippen LogP contribution in [0.1, 0.15) is 18.4 Å². The summed E-state index contributed by atoms with van der Waals surface area (Å²) >= 11 is 0. The van der Waals surface area contributed by atoms with E-state index in [-0.39, 0.29) is 30.9 Å². The Bertz CT molecular complexity index is 817. The quantitative estimate of drug-likeness (QED) is 0.603. The Kier molecular flexibility index (Phi) is 7.09. The third kappa shape index (κ3) is 5.46. The monoisotopic (exact) mass is 424 g/mol. The lowest BCUT2D eigenvalue weighted by molar-refractivity contribution is -0.130. The lowest BCUT2D eigenvalue weighted by Crippen LogP contribution is -2.45. The van der Waals surface area contributed by atoms with Crippen LogP contribution in [-0.2, 0) is 26.1 Å². The SMILES string of the molecule is COCCCN1C(=O)[C@@H]2C[C@H](NC(=O)NCc3ccccc3)CN2CCS1(=O)=O. The van der Waals surface area contributed by atoms with Gasteiger partial charge in [0.15, 0.2) is 0 Å². The second-order valence-corrected chi connectivity index (χ2v) is 9.34. The Balaban J connectivity index is 1.56. The van der Waals surface area contributed by atoms with Crippen molar-refractivity contribution < 1.29 is 22.7 Å². The van der Waals surface area contributed by atoms with Gasteiger partial charge in [0.25, 0.3) is 5.91 Å². The topological polar surface area (TPSA) is 108 Å². The van der Waals surface area contributed by atoms with Crippen LogP contribution in [0.5, 0.6) is 0 Å². The van der Waals surface area contributed by atoms with Gasteiger partial charge in [-0.25, -0.2) is 17.5 Å². The van der Waals surface area contributed by atoms with Crippen molar-refractivity contribution in [3.63, 3.8) is 0 Å². The van der Waals surface area contributed by atoms with E-state index >= 15 is 0 Å². The number of urea groups is 1. The molecule has 1 aromatic rings. The summed E-state index contributed by atoms with van der Waals surface area (Å²) in [6.07, 6.45) is 0.853. The van der Waals surface area contributed by atoms with Crippen molar-refractivity contribution in [2.24, 2.45) is 0 Å². The smallest absolute Gasteiger partial charge is 0.315 e. The molecule has 2 saturated heterocycles. The molecule has 3 amide bonds. The van der Waals surface area contributed by atoms with Crippen molar-refractivity contribution in [3.05, 3.63) is 35.9 Å². The molecule has 0 aromatic heterocycles. The fourth-order valence-electron chi connectivity index (χ4n) is 3.77. The van der Waals surface area contributed by atoms with E-state index in [1.165, 1.54) is 7.11 Å². The first-order chi connectivity index (χ1) is 13.9. The number of ether oxygens (including phenoxy) is 1. The summed E-state index contributed by atoms with van der Waals surface area (Å²) in [5.41, 5.74) is 0.995. The summed E-state index contributed by atoms with van der Waals surface area (Å²) in [5, 5.41) is 5.72. The Morgan fingerprint density at radius 2 is 2.03 bits per heavy atom. The minimum absolute atomic E-state index is 0.102. The third-order valence-corrected chi connectivity index (χ3v) is 6.98. The summed E-state index contributed by atoms with van der Waals surface area (Å²) in [5.74, 6) is -0.512. The number of carbonyl (C=O) groups excluding carboxylic acids is 2. The number of benzene rings is 1. The van der Waals surface area contributed by atoms with E-state index in [2.05, 4.69) is 10.6 Å². The molecule has 0 radical (unpaired) electrons. The van der Waals surface area contributed by atoms with E-state index in [9.17, 15) is 18.0 Å². The van der Waals surface area contributed by atoms with Gasteiger partial charge in [0.1, 0.15) is 0 Å². The van der Waals surface area contributed by atoms with E-state index in [1.807, 2.05) is 35.2 Å². The molecule has 2 N–H and O–H groups in total. The second kappa shape index (κ2) is 9.55. The van der Waals surface area contributed by atoms with E-state index in [1.54, 1.807) is 0 Å². The molecule has 0 aliphatic carbocycles. The van der Waals surface area contributed by atoms with Gasteiger partial charge in [-0.1, -0.05) is 30.3 Å². The van der Waals surface area contributed by atoms with Gasteiger partial charge < -0.3 is 15.4 Å². The standard InChI is InChI=1S/C19H28N4O5S/c1-28-10-5-8-23-18(24)17-12-16(14-22(17)9-11-29(23,26)27)21-19(25)20-13-15-6-3-2-4-7-15/h2-4,6-7,16-17H,5,8-14H2,1H3,(H2,20,21,25)/t16-,17-/m0/s1. The van der Waals surface area contributed by atoms with Gasteiger partial charge >= 0.3 is 6.03 Å². The highest BCUT2D eigenvalue weighted by Gasteiger charge is 2.45. The number of hydrogen-bond acceptors (Lipinski definition) is 6. The number of nitrogens with one attached hydrogen (secondary N) is 2. The van der Waals surface area contributed by atoms with Crippen LogP contribution in [-0.4, -0.2) is 80.7 Å². The first-order valence-corrected chi connectivity index (χ1v) is 11.4. The van der Waals surface area contributed by atoms with Crippen molar-refractivity contribution in [1.29, 1.82) is 0 Å². The number of methoxy groups -OCH3 is 1. The van der Waals surface area contributed by atoms with Gasteiger partial charge in [0.2, 0.25) is 10.0 Å². The number of amides is 3. The summed E-state index contributed by atoms with van der Waals surface area (Å²) < 4.78 is 30.9. The number of rotatable bonds is 7. The summed E-state index contributed by atoms with van der Waals surface area (Å²) in [6, 6.07) is 8.55. The van der Waals surface area contributed by atoms with Crippen LogP contribution >= 0.6 is 0 Å². The molecule has 2 aliphatic heterocycles. The molecular formula is C19H28N4O5S. The maximum Gasteiger partial charge on any atom is 0.315 e. The van der Waals surface area contributed by atoms with Crippen LogP contribution in [0.15, 0.2) is 30.3 Å². The molecule has 10 heteroatoms. The Labute approximate surface area is 171 Å². The molecule has 3 rings (SSSR count). The van der Waals surface area contributed by atoms with Gasteiger partial charge in [0.05, 0.1) is 11.8 Å². The lowest BCUT2D eigenvalue weighted by Gasteiger charge is -2.23. The van der Waals surface area contributed by atoms with Crippen molar-refractivity contribution >= 4 is 22.0 Å². The highest BCUT2D eigenvalue weighted by molar-refractivity contribution is 7.89. The van der Waals surface area contributed by atoms with Crippen LogP contribution in [0, 0.1) is 0 Å². The average molecular weight is 425 g/mol. The lowest BCUT2D eigenvalue weighted by atomic mass is 10.1. The van der Waals surface area contributed by atoms with Gasteiger partial charge in [-0.3, -0.25) is 9.69 Å². The van der Waals surface area contributed by atoms with E-state index in [0.29, 0.717) is 32.5 Å².